The Labute approximate surface area is 193 Å². The van der Waals surface area contributed by atoms with E-state index in [0.29, 0.717) is 37.1 Å². The molecule has 0 aliphatic carbocycles. The van der Waals surface area contributed by atoms with E-state index >= 15 is 0 Å². The normalized spacial score (nSPS) is 18.2. The molecular weight excluding hydrogens is 442 g/mol. The lowest BCUT2D eigenvalue weighted by atomic mass is 10.0. The van der Waals surface area contributed by atoms with Crippen LogP contribution in [-0.4, -0.2) is 44.1 Å². The van der Waals surface area contributed by atoms with Crippen molar-refractivity contribution in [2.24, 2.45) is 10.9 Å². The van der Waals surface area contributed by atoms with Crippen LogP contribution in [0.5, 0.6) is 0 Å². The van der Waals surface area contributed by atoms with E-state index in [1.807, 2.05) is 47.8 Å². The van der Waals surface area contributed by atoms with Crippen molar-refractivity contribution in [1.29, 1.82) is 0 Å². The highest BCUT2D eigenvalue weighted by molar-refractivity contribution is 7.89. The molecule has 1 atom stereocenters. The molecule has 1 saturated heterocycles. The fraction of sp³-hybridized carbons (Fsp3) is 0.375. The van der Waals surface area contributed by atoms with Crippen molar-refractivity contribution in [2.75, 3.05) is 26.8 Å². The number of hydrogen-bond acceptors (Lipinski definition) is 5. The lowest BCUT2D eigenvalue weighted by molar-refractivity contribution is 0.187. The molecule has 0 radical (unpaired) electrons. The lowest BCUT2D eigenvalue weighted by Gasteiger charge is -2.30. The molecule has 0 unspecified atom stereocenters. The summed E-state index contributed by atoms with van der Waals surface area (Å²) < 4.78 is 35.6. The average molecular weight is 472 g/mol. The van der Waals surface area contributed by atoms with Crippen molar-refractivity contribution in [3.05, 3.63) is 64.8 Å². The molecule has 1 aliphatic heterocycles. The molecular formula is C24H29N3O3S2. The van der Waals surface area contributed by atoms with Crippen LogP contribution in [0.4, 0.5) is 5.69 Å². The summed E-state index contributed by atoms with van der Waals surface area (Å²) in [5.74, 6) is 0.386. The summed E-state index contributed by atoms with van der Waals surface area (Å²) in [7, 11) is -1.84. The van der Waals surface area contributed by atoms with E-state index in [1.165, 1.54) is 11.3 Å². The average Bonchev–Trinajstić information content (AvgIpc) is 3.20. The molecule has 1 aromatic heterocycles. The molecule has 1 fully saturated rings. The molecule has 1 aliphatic rings. The maximum absolute atomic E-state index is 13.3. The second kappa shape index (κ2) is 10.1. The number of aromatic nitrogens is 1. The Morgan fingerprint density at radius 1 is 1.16 bits per heavy atom. The van der Waals surface area contributed by atoms with Gasteiger partial charge in [-0.2, -0.15) is 4.31 Å². The molecule has 170 valence electrons. The van der Waals surface area contributed by atoms with E-state index in [9.17, 15) is 8.42 Å². The monoisotopic (exact) mass is 471 g/mol. The number of thiazole rings is 1. The van der Waals surface area contributed by atoms with Gasteiger partial charge in [0.15, 0.2) is 4.80 Å². The van der Waals surface area contributed by atoms with E-state index in [0.717, 1.165) is 34.6 Å². The van der Waals surface area contributed by atoms with Crippen LogP contribution in [0.15, 0.2) is 69.9 Å². The van der Waals surface area contributed by atoms with Gasteiger partial charge in [0, 0.05) is 37.7 Å². The van der Waals surface area contributed by atoms with Crippen molar-refractivity contribution in [2.45, 2.75) is 31.2 Å². The Morgan fingerprint density at radius 2 is 1.97 bits per heavy atom. The first-order chi connectivity index (χ1) is 15.5. The highest BCUT2D eigenvalue weighted by Crippen LogP contribution is 2.28. The number of sulfonamides is 1. The SMILES string of the molecule is COCCn1c(-c2cccc(S(=O)(=O)N3CCC[C@@H](C)C3)c2)csc1=Nc1ccccc1. The number of ether oxygens (including phenoxy) is 1. The van der Waals surface area contributed by atoms with E-state index in [2.05, 4.69) is 11.5 Å². The van der Waals surface area contributed by atoms with Gasteiger partial charge in [0.1, 0.15) is 0 Å². The minimum atomic E-state index is -3.52. The van der Waals surface area contributed by atoms with Crippen molar-refractivity contribution in [3.63, 3.8) is 0 Å². The van der Waals surface area contributed by atoms with Crippen LogP contribution in [0, 0.1) is 5.92 Å². The summed E-state index contributed by atoms with van der Waals surface area (Å²) in [4.78, 5) is 5.98. The second-order valence-corrected chi connectivity index (χ2v) is 10.9. The summed E-state index contributed by atoms with van der Waals surface area (Å²) in [6.07, 6.45) is 1.99. The Morgan fingerprint density at radius 3 is 2.72 bits per heavy atom. The van der Waals surface area contributed by atoms with Gasteiger partial charge in [0.2, 0.25) is 10.0 Å². The molecule has 4 rings (SSSR count). The number of piperidine rings is 1. The number of nitrogens with zero attached hydrogens (tertiary/aromatic N) is 3. The zero-order chi connectivity index (χ0) is 22.6. The van der Waals surface area contributed by atoms with E-state index in [1.54, 1.807) is 23.5 Å². The van der Waals surface area contributed by atoms with Crippen molar-refractivity contribution in [3.8, 4) is 11.3 Å². The highest BCUT2D eigenvalue weighted by atomic mass is 32.2. The fourth-order valence-corrected chi connectivity index (χ4v) is 6.59. The molecule has 32 heavy (non-hydrogen) atoms. The minimum Gasteiger partial charge on any atom is -0.383 e. The molecule has 0 spiro atoms. The Balaban J connectivity index is 1.73. The van der Waals surface area contributed by atoms with Crippen LogP contribution < -0.4 is 4.80 Å². The number of hydrogen-bond donors (Lipinski definition) is 0. The van der Waals surface area contributed by atoms with Gasteiger partial charge >= 0.3 is 0 Å². The maximum atomic E-state index is 13.3. The summed E-state index contributed by atoms with van der Waals surface area (Å²) in [5, 5.41) is 2.03. The third-order valence-corrected chi connectivity index (χ3v) is 8.41. The molecule has 8 heteroatoms. The molecule has 3 aromatic rings. The predicted molar refractivity (Wildman–Crippen MR) is 128 cm³/mol. The van der Waals surface area contributed by atoms with Gasteiger partial charge in [0.25, 0.3) is 0 Å². The summed E-state index contributed by atoms with van der Waals surface area (Å²) >= 11 is 1.54. The molecule has 0 N–H and O–H groups in total. The van der Waals surface area contributed by atoms with Crippen LogP contribution in [-0.2, 0) is 21.3 Å². The standard InChI is InChI=1S/C24H29N3O3S2/c1-19-8-7-13-26(17-19)32(28,29)22-12-6-9-20(16-22)23-18-31-24(27(23)14-15-30-2)25-21-10-4-3-5-11-21/h3-6,9-12,16,18-19H,7-8,13-15,17H2,1-2H3/t19-/m1/s1. The lowest BCUT2D eigenvalue weighted by Crippen LogP contribution is -2.39. The molecule has 0 amide bonds. The zero-order valence-corrected chi connectivity index (χ0v) is 20.1. The van der Waals surface area contributed by atoms with Crippen molar-refractivity contribution in [1.82, 2.24) is 8.87 Å². The number of benzene rings is 2. The predicted octanol–water partition coefficient (Wildman–Crippen LogP) is 4.52. The van der Waals surface area contributed by atoms with E-state index in [4.69, 9.17) is 9.73 Å². The Hall–Kier alpha value is -2.26. The van der Waals surface area contributed by atoms with Gasteiger partial charge in [-0.3, -0.25) is 0 Å². The Kier molecular flexibility index (Phi) is 7.25. The largest absolute Gasteiger partial charge is 0.383 e. The molecule has 0 saturated carbocycles. The van der Waals surface area contributed by atoms with Crippen LogP contribution in [0.1, 0.15) is 19.8 Å². The van der Waals surface area contributed by atoms with E-state index < -0.39 is 10.0 Å². The van der Waals surface area contributed by atoms with Gasteiger partial charge in [-0.15, -0.1) is 11.3 Å². The van der Waals surface area contributed by atoms with Crippen molar-refractivity contribution < 1.29 is 13.2 Å². The maximum Gasteiger partial charge on any atom is 0.243 e. The summed E-state index contributed by atoms with van der Waals surface area (Å²) in [6.45, 7) is 4.44. The Bertz CT molecular complexity index is 1220. The van der Waals surface area contributed by atoms with Crippen LogP contribution in [0.25, 0.3) is 11.3 Å². The first-order valence-electron chi connectivity index (χ1n) is 10.9. The number of methoxy groups -OCH3 is 1. The number of rotatable bonds is 7. The summed E-state index contributed by atoms with van der Waals surface area (Å²) in [5.41, 5.74) is 2.67. The van der Waals surface area contributed by atoms with Crippen LogP contribution in [0.2, 0.25) is 0 Å². The molecule has 0 bridgehead atoms. The summed E-state index contributed by atoms with van der Waals surface area (Å²) in [6, 6.07) is 17.1. The third-order valence-electron chi connectivity index (χ3n) is 5.68. The highest BCUT2D eigenvalue weighted by Gasteiger charge is 2.29. The van der Waals surface area contributed by atoms with Gasteiger partial charge in [-0.05, 0) is 43.0 Å². The van der Waals surface area contributed by atoms with Gasteiger partial charge in [0.05, 0.1) is 22.9 Å². The van der Waals surface area contributed by atoms with Crippen LogP contribution in [0.3, 0.4) is 0 Å². The van der Waals surface area contributed by atoms with E-state index in [-0.39, 0.29) is 0 Å². The second-order valence-electron chi connectivity index (χ2n) is 8.13. The topological polar surface area (TPSA) is 63.9 Å². The third kappa shape index (κ3) is 5.04. The zero-order valence-electron chi connectivity index (χ0n) is 18.5. The fourth-order valence-electron chi connectivity index (χ4n) is 3.99. The van der Waals surface area contributed by atoms with Crippen LogP contribution >= 0.6 is 11.3 Å². The molecule has 6 nitrogen and oxygen atoms in total. The first kappa shape index (κ1) is 22.9. The quantitative estimate of drug-likeness (QED) is 0.509. The molecule has 2 aromatic carbocycles. The van der Waals surface area contributed by atoms with Gasteiger partial charge in [-0.1, -0.05) is 37.3 Å². The number of para-hydroxylation sites is 1. The van der Waals surface area contributed by atoms with Gasteiger partial charge in [-0.25, -0.2) is 13.4 Å². The first-order valence-corrected chi connectivity index (χ1v) is 13.2. The molecule has 2 heterocycles. The van der Waals surface area contributed by atoms with Gasteiger partial charge < -0.3 is 9.30 Å². The smallest absolute Gasteiger partial charge is 0.243 e. The van der Waals surface area contributed by atoms with Crippen molar-refractivity contribution >= 4 is 27.0 Å². The minimum absolute atomic E-state index is 0.343.